The molecule has 0 saturated heterocycles. The first kappa shape index (κ1) is 16.7. The van der Waals surface area contributed by atoms with Crippen molar-refractivity contribution in [2.75, 3.05) is 6.26 Å². The predicted molar refractivity (Wildman–Crippen MR) is 53.7 cm³/mol. The van der Waals surface area contributed by atoms with E-state index < -0.39 is 22.3 Å². The molecule has 84 valence electrons. The zero-order valence-corrected chi connectivity index (χ0v) is 12.9. The van der Waals surface area contributed by atoms with E-state index in [1.165, 1.54) is 12.1 Å². The fourth-order valence-electron chi connectivity index (χ4n) is 1.13. The van der Waals surface area contributed by atoms with Gasteiger partial charge in [-0.25, -0.2) is 8.42 Å². The first-order valence-corrected chi connectivity index (χ1v) is 6.21. The first-order chi connectivity index (χ1) is 6.68. The molecule has 0 N–H and O–H groups in total. The van der Waals surface area contributed by atoms with Gasteiger partial charge in [0.2, 0.25) is 0 Å². The molecule has 0 spiro atoms. The zero-order chi connectivity index (χ0) is 11.7. The standard InChI is InChI=1S/C8H9BF3O2S.K/c1-15(13,14)6-7-2-4-8(5-3-7)9(10,11)12;/h2-5H,6H2,1H3;/q-1;+1. The van der Waals surface area contributed by atoms with Crippen LogP contribution in [0, 0.1) is 0 Å². The van der Waals surface area contributed by atoms with Crippen LogP contribution in [0.4, 0.5) is 12.9 Å². The Kier molecular flexibility index (Phi) is 6.26. The molecule has 2 nitrogen and oxygen atoms in total. The number of rotatable bonds is 3. The topological polar surface area (TPSA) is 34.1 Å². The van der Waals surface area contributed by atoms with Crippen molar-refractivity contribution >= 4 is 22.3 Å². The zero-order valence-electron chi connectivity index (χ0n) is 8.95. The maximum Gasteiger partial charge on any atom is 1.00 e. The third kappa shape index (κ3) is 5.83. The SMILES string of the molecule is CS(=O)(=O)Cc1ccc([B-](F)(F)F)cc1.[K+]. The Morgan fingerprint density at radius 1 is 1.12 bits per heavy atom. The van der Waals surface area contributed by atoms with Gasteiger partial charge in [0.1, 0.15) is 0 Å². The van der Waals surface area contributed by atoms with Crippen LogP contribution in [0.25, 0.3) is 0 Å². The Hall–Kier alpha value is 0.661. The van der Waals surface area contributed by atoms with Crippen LogP contribution in [-0.4, -0.2) is 21.7 Å². The summed E-state index contributed by atoms with van der Waals surface area (Å²) in [4.78, 5) is 0. The number of sulfone groups is 1. The first-order valence-electron chi connectivity index (χ1n) is 4.15. The maximum absolute atomic E-state index is 12.2. The molecule has 0 aromatic heterocycles. The van der Waals surface area contributed by atoms with Crippen LogP contribution in [0.3, 0.4) is 0 Å². The van der Waals surface area contributed by atoms with Gasteiger partial charge in [0.05, 0.1) is 5.75 Å². The molecule has 1 rings (SSSR count). The van der Waals surface area contributed by atoms with E-state index in [2.05, 4.69) is 0 Å². The molecule has 16 heavy (non-hydrogen) atoms. The van der Waals surface area contributed by atoms with E-state index in [-0.39, 0.29) is 57.1 Å². The van der Waals surface area contributed by atoms with E-state index in [9.17, 15) is 21.4 Å². The van der Waals surface area contributed by atoms with Crippen molar-refractivity contribution in [1.29, 1.82) is 0 Å². The summed E-state index contributed by atoms with van der Waals surface area (Å²) in [5.41, 5.74) is -0.353. The number of halogens is 3. The van der Waals surface area contributed by atoms with Crippen molar-refractivity contribution < 1.29 is 72.7 Å². The molecule has 0 atom stereocenters. The molecule has 0 heterocycles. The summed E-state index contributed by atoms with van der Waals surface area (Å²) in [6.45, 7) is -5.01. The molecule has 0 amide bonds. The molecule has 1 aromatic rings. The Labute approximate surface area is 135 Å². The fraction of sp³-hybridized carbons (Fsp3) is 0.250. The van der Waals surface area contributed by atoms with E-state index in [0.29, 0.717) is 5.56 Å². The van der Waals surface area contributed by atoms with Crippen molar-refractivity contribution in [3.63, 3.8) is 0 Å². The molecular weight excluding hydrogens is 267 g/mol. The monoisotopic (exact) mass is 276 g/mol. The average Bonchev–Trinajstić information content (AvgIpc) is 2.00. The molecule has 0 radical (unpaired) electrons. The van der Waals surface area contributed by atoms with Gasteiger partial charge in [-0.15, -0.1) is 5.46 Å². The van der Waals surface area contributed by atoms with Crippen LogP contribution in [0.15, 0.2) is 24.3 Å². The molecule has 0 fully saturated rings. The molecule has 8 heteroatoms. The van der Waals surface area contributed by atoms with Gasteiger partial charge in [-0.1, -0.05) is 24.3 Å². The van der Waals surface area contributed by atoms with E-state index in [4.69, 9.17) is 0 Å². The molecular formula is C8H9BF3KO2S. The van der Waals surface area contributed by atoms with Gasteiger partial charge in [0, 0.05) is 6.26 Å². The van der Waals surface area contributed by atoms with Gasteiger partial charge in [-0.2, -0.15) is 0 Å². The Morgan fingerprint density at radius 3 is 1.88 bits per heavy atom. The van der Waals surface area contributed by atoms with Crippen LogP contribution in [0.1, 0.15) is 5.56 Å². The number of benzene rings is 1. The van der Waals surface area contributed by atoms with E-state index >= 15 is 0 Å². The van der Waals surface area contributed by atoms with Crippen LogP contribution in [-0.2, 0) is 15.6 Å². The molecule has 0 bridgehead atoms. The third-order valence-electron chi connectivity index (χ3n) is 1.79. The van der Waals surface area contributed by atoms with E-state index in [1.54, 1.807) is 0 Å². The minimum atomic E-state index is -5.01. The van der Waals surface area contributed by atoms with Crippen molar-refractivity contribution in [3.8, 4) is 0 Å². The largest absolute Gasteiger partial charge is 1.00 e. The second kappa shape index (κ2) is 6.01. The normalized spacial score (nSPS) is 12.0. The number of hydrogen-bond donors (Lipinski definition) is 0. The Balaban J connectivity index is 0.00000225. The second-order valence-corrected chi connectivity index (χ2v) is 5.53. The summed E-state index contributed by atoms with van der Waals surface area (Å²) in [7, 11) is -3.20. The number of hydrogen-bond acceptors (Lipinski definition) is 2. The smallest absolute Gasteiger partial charge is 0.445 e. The summed E-state index contributed by atoms with van der Waals surface area (Å²) in [5.74, 6) is -0.238. The third-order valence-corrected chi connectivity index (χ3v) is 2.64. The Morgan fingerprint density at radius 2 is 1.56 bits per heavy atom. The van der Waals surface area contributed by atoms with Crippen LogP contribution < -0.4 is 56.8 Å². The van der Waals surface area contributed by atoms with Crippen molar-refractivity contribution in [1.82, 2.24) is 0 Å². The van der Waals surface area contributed by atoms with Gasteiger partial charge in [-0.3, -0.25) is 0 Å². The van der Waals surface area contributed by atoms with Crippen LogP contribution >= 0.6 is 0 Å². The van der Waals surface area contributed by atoms with Crippen molar-refractivity contribution in [2.45, 2.75) is 5.75 Å². The van der Waals surface area contributed by atoms with Gasteiger partial charge < -0.3 is 12.9 Å². The average molecular weight is 276 g/mol. The predicted octanol–water partition coefficient (Wildman–Crippen LogP) is -1.71. The van der Waals surface area contributed by atoms with E-state index in [0.717, 1.165) is 18.4 Å². The van der Waals surface area contributed by atoms with Crippen molar-refractivity contribution in [2.24, 2.45) is 0 Å². The van der Waals surface area contributed by atoms with Crippen molar-refractivity contribution in [3.05, 3.63) is 29.8 Å². The van der Waals surface area contributed by atoms with E-state index in [1.807, 2.05) is 0 Å². The summed E-state index contributed by atoms with van der Waals surface area (Å²) in [6.07, 6.45) is 1.04. The second-order valence-electron chi connectivity index (χ2n) is 3.39. The quantitative estimate of drug-likeness (QED) is 0.616. The minimum Gasteiger partial charge on any atom is -0.445 e. The van der Waals surface area contributed by atoms with Gasteiger partial charge >= 0.3 is 58.4 Å². The van der Waals surface area contributed by atoms with Crippen LogP contribution in [0.2, 0.25) is 0 Å². The summed E-state index contributed by atoms with van der Waals surface area (Å²) >= 11 is 0. The fourth-order valence-corrected chi connectivity index (χ4v) is 1.93. The van der Waals surface area contributed by atoms with Crippen LogP contribution in [0.5, 0.6) is 0 Å². The summed E-state index contributed by atoms with van der Waals surface area (Å²) in [6, 6.07) is 4.18. The molecule has 0 unspecified atom stereocenters. The molecule has 1 aromatic carbocycles. The molecule has 0 aliphatic heterocycles. The summed E-state index contributed by atoms with van der Waals surface area (Å²) < 4.78 is 58.3. The van der Waals surface area contributed by atoms with Gasteiger partial charge in [0.25, 0.3) is 0 Å². The molecule has 0 aliphatic rings. The summed E-state index contributed by atoms with van der Waals surface area (Å²) in [5, 5.41) is 0. The molecule has 0 aliphatic carbocycles. The molecule has 0 saturated carbocycles. The van der Waals surface area contributed by atoms with Gasteiger partial charge in [-0.05, 0) is 5.56 Å². The Bertz CT molecular complexity index is 441. The van der Waals surface area contributed by atoms with Gasteiger partial charge in [0.15, 0.2) is 9.84 Å². The minimum absolute atomic E-state index is 0. The maximum atomic E-state index is 12.2.